The fourth-order valence-electron chi connectivity index (χ4n) is 4.28. The minimum atomic E-state index is 0.0533. The smallest absolute Gasteiger partial charge is 0.253 e. The highest BCUT2D eigenvalue weighted by Gasteiger charge is 2.24. The summed E-state index contributed by atoms with van der Waals surface area (Å²) in [4.78, 5) is 19.6. The Morgan fingerprint density at radius 3 is 2.58 bits per heavy atom. The van der Waals surface area contributed by atoms with Gasteiger partial charge in [-0.1, -0.05) is 24.3 Å². The monoisotopic (exact) mass is 504 g/mol. The third-order valence-electron chi connectivity index (χ3n) is 6.14. The number of nitrogens with two attached hydrogens (primary N) is 1. The van der Waals surface area contributed by atoms with Crippen molar-refractivity contribution in [3.05, 3.63) is 76.4 Å². The van der Waals surface area contributed by atoms with Gasteiger partial charge >= 0.3 is 0 Å². The van der Waals surface area contributed by atoms with Gasteiger partial charge in [-0.05, 0) is 65.5 Å². The summed E-state index contributed by atoms with van der Waals surface area (Å²) in [6, 6.07) is 17.6. The highest BCUT2D eigenvalue weighted by molar-refractivity contribution is 9.10. The number of amides is 1. The Morgan fingerprint density at radius 2 is 1.85 bits per heavy atom. The van der Waals surface area contributed by atoms with E-state index in [0.717, 1.165) is 40.0 Å². The van der Waals surface area contributed by atoms with Gasteiger partial charge in [0.15, 0.2) is 5.65 Å². The lowest BCUT2D eigenvalue weighted by Crippen LogP contribution is -2.42. The van der Waals surface area contributed by atoms with Gasteiger partial charge in [0.1, 0.15) is 5.82 Å². The Bertz CT molecular complexity index is 1310. The van der Waals surface area contributed by atoms with E-state index in [1.807, 2.05) is 21.5 Å². The number of hydrogen-bond donors (Lipinski definition) is 2. The van der Waals surface area contributed by atoms with Gasteiger partial charge in [0.2, 0.25) is 0 Å². The summed E-state index contributed by atoms with van der Waals surface area (Å²) < 4.78 is 2.68. The average molecular weight is 505 g/mol. The second-order valence-electron chi connectivity index (χ2n) is 8.40. The molecule has 2 aromatic carbocycles. The van der Waals surface area contributed by atoms with Crippen LogP contribution in [0, 0.1) is 6.92 Å². The van der Waals surface area contributed by atoms with Crippen LogP contribution in [0.5, 0.6) is 0 Å². The van der Waals surface area contributed by atoms with Crippen LogP contribution in [0.4, 0.5) is 11.5 Å². The number of carbonyl (C=O) groups excluding carboxylic acids is 1. The molecule has 0 saturated carbocycles. The molecule has 2 aromatic heterocycles. The number of piperidine rings is 1. The van der Waals surface area contributed by atoms with Crippen LogP contribution in [0.1, 0.15) is 28.8 Å². The standard InChI is InChI=1S/C25H25BrN6O/c1-16-4-2-3-5-20(16)22-14-23(32-24(30-22)21(26)15-28-32)29-19-10-12-31(13-11-19)25(33)17-6-8-18(27)9-7-17/h2-9,14-15,19,29H,10-13,27H2,1H3. The van der Waals surface area contributed by atoms with Crippen LogP contribution in [-0.2, 0) is 0 Å². The molecular formula is C25H25BrN6O. The van der Waals surface area contributed by atoms with Crippen molar-refractivity contribution in [2.45, 2.75) is 25.8 Å². The number of aromatic nitrogens is 3. The molecular weight excluding hydrogens is 480 g/mol. The summed E-state index contributed by atoms with van der Waals surface area (Å²) in [5.74, 6) is 0.949. The molecule has 1 saturated heterocycles. The van der Waals surface area contributed by atoms with Gasteiger partial charge in [0.05, 0.1) is 16.4 Å². The van der Waals surface area contributed by atoms with Crippen molar-refractivity contribution < 1.29 is 4.79 Å². The SMILES string of the molecule is Cc1ccccc1-c1cc(NC2CCN(C(=O)c3ccc(N)cc3)CC2)n2ncc(Br)c2n1. The first-order chi connectivity index (χ1) is 16.0. The van der Waals surface area contributed by atoms with Gasteiger partial charge in [-0.3, -0.25) is 4.79 Å². The number of nitrogens with one attached hydrogen (secondary N) is 1. The summed E-state index contributed by atoms with van der Waals surface area (Å²) >= 11 is 3.58. The van der Waals surface area contributed by atoms with E-state index in [1.54, 1.807) is 30.5 Å². The maximum Gasteiger partial charge on any atom is 0.253 e. The number of fused-ring (bicyclic) bond motifs is 1. The number of carbonyl (C=O) groups is 1. The van der Waals surface area contributed by atoms with Crippen molar-refractivity contribution in [1.82, 2.24) is 19.5 Å². The van der Waals surface area contributed by atoms with Crippen molar-refractivity contribution >= 4 is 39.0 Å². The minimum Gasteiger partial charge on any atom is -0.399 e. The number of hydrogen-bond acceptors (Lipinski definition) is 5. The molecule has 0 radical (unpaired) electrons. The highest BCUT2D eigenvalue weighted by Crippen LogP contribution is 2.29. The number of aryl methyl sites for hydroxylation is 1. The number of anilines is 2. The maximum absolute atomic E-state index is 12.8. The van der Waals surface area contributed by atoms with Crippen LogP contribution >= 0.6 is 15.9 Å². The zero-order valence-corrected chi connectivity index (χ0v) is 19.9. The Kier molecular flexibility index (Phi) is 5.76. The van der Waals surface area contributed by atoms with Crippen LogP contribution in [0.3, 0.4) is 0 Å². The lowest BCUT2D eigenvalue weighted by atomic mass is 10.0. The van der Waals surface area contributed by atoms with E-state index in [1.165, 1.54) is 5.56 Å². The second kappa shape index (κ2) is 8.86. The predicted molar refractivity (Wildman–Crippen MR) is 134 cm³/mol. The first-order valence-electron chi connectivity index (χ1n) is 11.0. The molecule has 168 valence electrons. The van der Waals surface area contributed by atoms with Crippen LogP contribution in [0.25, 0.3) is 16.9 Å². The average Bonchev–Trinajstić information content (AvgIpc) is 3.21. The van der Waals surface area contributed by atoms with E-state index in [9.17, 15) is 4.79 Å². The fourth-order valence-corrected chi connectivity index (χ4v) is 4.63. The van der Waals surface area contributed by atoms with E-state index >= 15 is 0 Å². The molecule has 1 amide bonds. The quantitative estimate of drug-likeness (QED) is 0.391. The lowest BCUT2D eigenvalue weighted by molar-refractivity contribution is 0.0718. The second-order valence-corrected chi connectivity index (χ2v) is 9.26. The van der Waals surface area contributed by atoms with Crippen LogP contribution in [-0.4, -0.2) is 44.5 Å². The van der Waals surface area contributed by atoms with E-state index < -0.39 is 0 Å². The molecule has 1 aliphatic rings. The van der Waals surface area contributed by atoms with Gasteiger partial charge in [-0.15, -0.1) is 0 Å². The normalized spacial score (nSPS) is 14.5. The first kappa shape index (κ1) is 21.5. The maximum atomic E-state index is 12.8. The zero-order valence-electron chi connectivity index (χ0n) is 18.3. The van der Waals surface area contributed by atoms with Gasteiger partial charge in [0, 0.05) is 42.0 Å². The predicted octanol–water partition coefficient (Wildman–Crippen LogP) is 4.77. The Labute approximate surface area is 200 Å². The van der Waals surface area contributed by atoms with Crippen LogP contribution < -0.4 is 11.1 Å². The molecule has 0 aliphatic carbocycles. The Morgan fingerprint density at radius 1 is 1.12 bits per heavy atom. The van der Waals surface area contributed by atoms with E-state index in [0.29, 0.717) is 24.3 Å². The van der Waals surface area contributed by atoms with E-state index in [-0.39, 0.29) is 11.9 Å². The van der Waals surface area contributed by atoms with Gasteiger partial charge in [-0.2, -0.15) is 9.61 Å². The highest BCUT2D eigenvalue weighted by atomic mass is 79.9. The molecule has 0 atom stereocenters. The molecule has 33 heavy (non-hydrogen) atoms. The molecule has 0 bridgehead atoms. The number of nitrogens with zero attached hydrogens (tertiary/aromatic N) is 4. The lowest BCUT2D eigenvalue weighted by Gasteiger charge is -2.33. The number of rotatable bonds is 4. The van der Waals surface area contributed by atoms with Crippen molar-refractivity contribution in [3.63, 3.8) is 0 Å². The van der Waals surface area contributed by atoms with Crippen LogP contribution in [0.2, 0.25) is 0 Å². The number of likely N-dealkylation sites (tertiary alicyclic amines) is 1. The summed E-state index contributed by atoms with van der Waals surface area (Å²) in [5.41, 5.74) is 11.0. The molecule has 0 spiro atoms. The van der Waals surface area contributed by atoms with Gasteiger partial charge < -0.3 is 16.0 Å². The molecule has 5 rings (SSSR count). The molecule has 7 nitrogen and oxygen atoms in total. The summed E-state index contributed by atoms with van der Waals surface area (Å²) in [5, 5.41) is 8.16. The summed E-state index contributed by atoms with van der Waals surface area (Å²) in [6.45, 7) is 3.48. The molecule has 3 N–H and O–H groups in total. The molecule has 1 fully saturated rings. The Balaban J connectivity index is 1.35. The van der Waals surface area contributed by atoms with Gasteiger partial charge in [-0.25, -0.2) is 4.98 Å². The number of benzene rings is 2. The van der Waals surface area contributed by atoms with Gasteiger partial charge in [0.25, 0.3) is 5.91 Å². The molecule has 3 heterocycles. The number of nitrogen functional groups attached to an aromatic ring is 1. The third kappa shape index (κ3) is 4.30. The minimum absolute atomic E-state index is 0.0533. The first-order valence-corrected chi connectivity index (χ1v) is 11.8. The largest absolute Gasteiger partial charge is 0.399 e. The van der Waals surface area contributed by atoms with Crippen molar-refractivity contribution in [1.29, 1.82) is 0 Å². The van der Waals surface area contributed by atoms with E-state index in [4.69, 9.17) is 10.7 Å². The summed E-state index contributed by atoms with van der Waals surface area (Å²) in [7, 11) is 0. The molecule has 8 heteroatoms. The summed E-state index contributed by atoms with van der Waals surface area (Å²) in [6.07, 6.45) is 3.47. The molecule has 4 aromatic rings. The van der Waals surface area contributed by atoms with E-state index in [2.05, 4.69) is 51.5 Å². The topological polar surface area (TPSA) is 88.5 Å². The van der Waals surface area contributed by atoms with Crippen molar-refractivity contribution in [2.24, 2.45) is 0 Å². The molecule has 0 unspecified atom stereocenters. The van der Waals surface area contributed by atoms with Crippen molar-refractivity contribution in [3.8, 4) is 11.3 Å². The fraction of sp³-hybridized carbons (Fsp3) is 0.240. The molecule has 1 aliphatic heterocycles. The zero-order chi connectivity index (χ0) is 22.9. The number of halogens is 1. The van der Waals surface area contributed by atoms with Crippen LogP contribution in [0.15, 0.2) is 65.3 Å². The van der Waals surface area contributed by atoms with Crippen molar-refractivity contribution in [2.75, 3.05) is 24.1 Å². The Hall–Kier alpha value is -3.39. The third-order valence-corrected chi connectivity index (χ3v) is 6.70.